The first-order valence-electron chi connectivity index (χ1n) is 11.1. The molecule has 180 valence electrons. The van der Waals surface area contributed by atoms with Crippen LogP contribution in [0.5, 0.6) is 11.5 Å². The van der Waals surface area contributed by atoms with Gasteiger partial charge in [-0.25, -0.2) is 0 Å². The largest absolute Gasteiger partial charge is 0.507 e. The lowest BCUT2D eigenvalue weighted by Crippen LogP contribution is -2.29. The van der Waals surface area contributed by atoms with Crippen LogP contribution in [-0.2, 0) is 9.59 Å². The van der Waals surface area contributed by atoms with E-state index in [0.29, 0.717) is 51.6 Å². The number of aliphatic hydroxyl groups is 1. The summed E-state index contributed by atoms with van der Waals surface area (Å²) in [5.41, 5.74) is 1.32. The van der Waals surface area contributed by atoms with Crippen LogP contribution >= 0.6 is 23.2 Å². The minimum absolute atomic E-state index is 0.0524. The van der Waals surface area contributed by atoms with Crippen LogP contribution < -0.4 is 14.4 Å². The summed E-state index contributed by atoms with van der Waals surface area (Å²) in [6.45, 7) is 4.50. The van der Waals surface area contributed by atoms with Crippen LogP contribution in [-0.4, -0.2) is 30.0 Å². The van der Waals surface area contributed by atoms with Crippen LogP contribution in [0, 0.1) is 0 Å². The molecule has 0 bridgehead atoms. The van der Waals surface area contributed by atoms with Crippen molar-refractivity contribution < 1.29 is 24.2 Å². The molecule has 1 aliphatic rings. The number of anilines is 1. The smallest absolute Gasteiger partial charge is 0.300 e. The molecule has 0 aliphatic carbocycles. The zero-order chi connectivity index (χ0) is 25.1. The molecule has 3 aromatic rings. The van der Waals surface area contributed by atoms with Gasteiger partial charge in [-0.15, -0.1) is 0 Å². The molecule has 0 aromatic heterocycles. The number of carbonyl (C=O) groups is 2. The van der Waals surface area contributed by atoms with Gasteiger partial charge in [0.2, 0.25) is 0 Å². The number of hydrogen-bond acceptors (Lipinski definition) is 5. The van der Waals surface area contributed by atoms with Gasteiger partial charge in [0.1, 0.15) is 17.3 Å². The fourth-order valence-corrected chi connectivity index (χ4v) is 4.33. The number of ether oxygens (including phenoxy) is 2. The third kappa shape index (κ3) is 4.85. The third-order valence-corrected chi connectivity index (χ3v) is 6.10. The number of hydrogen-bond donors (Lipinski definition) is 1. The number of benzene rings is 3. The SMILES string of the molecule is CCOc1cccc(C2/C(=C(/O)c3ccc(Cl)c(OCC)c3)C(=O)C(=O)N2c2ccc(Cl)cc2)c1. The summed E-state index contributed by atoms with van der Waals surface area (Å²) in [5, 5.41) is 12.2. The molecule has 0 spiro atoms. The number of ketones is 1. The second kappa shape index (κ2) is 10.4. The van der Waals surface area contributed by atoms with E-state index < -0.39 is 17.7 Å². The van der Waals surface area contributed by atoms with Crippen molar-refractivity contribution in [2.75, 3.05) is 18.1 Å². The molecule has 1 fully saturated rings. The van der Waals surface area contributed by atoms with Crippen molar-refractivity contribution in [2.24, 2.45) is 0 Å². The molecule has 1 atom stereocenters. The highest BCUT2D eigenvalue weighted by molar-refractivity contribution is 6.51. The zero-order valence-corrected chi connectivity index (χ0v) is 20.6. The summed E-state index contributed by atoms with van der Waals surface area (Å²) in [6.07, 6.45) is 0. The van der Waals surface area contributed by atoms with Gasteiger partial charge in [0.05, 0.1) is 29.9 Å². The molecule has 0 saturated carbocycles. The summed E-state index contributed by atoms with van der Waals surface area (Å²) in [7, 11) is 0. The van der Waals surface area contributed by atoms with Gasteiger partial charge in [-0.3, -0.25) is 14.5 Å². The lowest BCUT2D eigenvalue weighted by atomic mass is 9.95. The average molecular weight is 512 g/mol. The second-order valence-corrected chi connectivity index (χ2v) is 8.57. The summed E-state index contributed by atoms with van der Waals surface area (Å²) < 4.78 is 11.2. The summed E-state index contributed by atoms with van der Waals surface area (Å²) in [6, 6.07) is 17.5. The van der Waals surface area contributed by atoms with Crippen molar-refractivity contribution in [2.45, 2.75) is 19.9 Å². The van der Waals surface area contributed by atoms with Crippen LogP contribution in [0.4, 0.5) is 5.69 Å². The Morgan fingerprint density at radius 1 is 0.943 bits per heavy atom. The Morgan fingerprint density at radius 2 is 1.66 bits per heavy atom. The standard InChI is InChI=1S/C27H23Cl2NO5/c1-3-34-20-7-5-6-16(14-20)24-23(25(31)17-8-13-21(29)22(15-17)35-4-2)26(32)27(33)30(24)19-11-9-18(28)10-12-19/h5-15,24,31H,3-4H2,1-2H3/b25-23-. The molecule has 35 heavy (non-hydrogen) atoms. The minimum Gasteiger partial charge on any atom is -0.507 e. The summed E-state index contributed by atoms with van der Waals surface area (Å²) in [5.74, 6) is -0.960. The van der Waals surface area contributed by atoms with Gasteiger partial charge in [-0.2, -0.15) is 0 Å². The number of carbonyl (C=O) groups excluding carboxylic acids is 2. The Morgan fingerprint density at radius 3 is 2.34 bits per heavy atom. The van der Waals surface area contributed by atoms with E-state index in [1.54, 1.807) is 66.7 Å². The first-order valence-corrected chi connectivity index (χ1v) is 11.8. The Hall–Kier alpha value is -3.48. The van der Waals surface area contributed by atoms with Crippen LogP contribution in [0.15, 0.2) is 72.3 Å². The highest BCUT2D eigenvalue weighted by Gasteiger charge is 2.47. The van der Waals surface area contributed by atoms with Gasteiger partial charge in [0.25, 0.3) is 11.7 Å². The lowest BCUT2D eigenvalue weighted by molar-refractivity contribution is -0.132. The van der Waals surface area contributed by atoms with Gasteiger partial charge in [-0.05, 0) is 74.0 Å². The lowest BCUT2D eigenvalue weighted by Gasteiger charge is -2.26. The van der Waals surface area contributed by atoms with E-state index in [2.05, 4.69) is 0 Å². The summed E-state index contributed by atoms with van der Waals surface area (Å²) >= 11 is 12.2. The Labute approximate surface area is 213 Å². The molecule has 0 radical (unpaired) electrons. The van der Waals surface area contributed by atoms with Crippen molar-refractivity contribution in [3.8, 4) is 11.5 Å². The van der Waals surface area contributed by atoms with Crippen LogP contribution in [0.2, 0.25) is 10.0 Å². The first kappa shape index (κ1) is 24.6. The molecule has 1 amide bonds. The van der Waals surface area contributed by atoms with Crippen LogP contribution in [0.3, 0.4) is 0 Å². The van der Waals surface area contributed by atoms with E-state index in [0.717, 1.165) is 0 Å². The van der Waals surface area contributed by atoms with Crippen LogP contribution in [0.25, 0.3) is 5.76 Å². The number of aliphatic hydroxyl groups excluding tert-OH is 1. The molecule has 6 nitrogen and oxygen atoms in total. The predicted molar refractivity (Wildman–Crippen MR) is 136 cm³/mol. The van der Waals surface area contributed by atoms with E-state index >= 15 is 0 Å². The molecule has 1 heterocycles. The van der Waals surface area contributed by atoms with Crippen molar-refractivity contribution in [3.63, 3.8) is 0 Å². The molecular weight excluding hydrogens is 489 g/mol. The maximum Gasteiger partial charge on any atom is 0.300 e. The number of nitrogens with zero attached hydrogens (tertiary/aromatic N) is 1. The van der Waals surface area contributed by atoms with Gasteiger partial charge < -0.3 is 14.6 Å². The monoisotopic (exact) mass is 511 g/mol. The van der Waals surface area contributed by atoms with E-state index in [4.69, 9.17) is 32.7 Å². The fraction of sp³-hybridized carbons (Fsp3) is 0.185. The predicted octanol–water partition coefficient (Wildman–Crippen LogP) is 6.42. The number of rotatable bonds is 7. The molecule has 1 unspecified atom stereocenters. The maximum atomic E-state index is 13.3. The van der Waals surface area contributed by atoms with Gasteiger partial charge in [0.15, 0.2) is 0 Å². The Bertz CT molecular complexity index is 1300. The zero-order valence-electron chi connectivity index (χ0n) is 19.1. The average Bonchev–Trinajstić information content (AvgIpc) is 3.11. The highest BCUT2D eigenvalue weighted by Crippen LogP contribution is 2.43. The molecule has 8 heteroatoms. The molecule has 1 aliphatic heterocycles. The van der Waals surface area contributed by atoms with E-state index in [1.165, 1.54) is 4.90 Å². The molecular formula is C27H23Cl2NO5. The first-order chi connectivity index (χ1) is 16.8. The van der Waals surface area contributed by atoms with E-state index in [1.807, 2.05) is 13.8 Å². The third-order valence-electron chi connectivity index (χ3n) is 5.54. The molecule has 4 rings (SSSR count). The Balaban J connectivity index is 1.93. The normalized spacial score (nSPS) is 17.0. The van der Waals surface area contributed by atoms with Gasteiger partial charge in [0, 0.05) is 16.3 Å². The van der Waals surface area contributed by atoms with Crippen molar-refractivity contribution >= 4 is 46.3 Å². The topological polar surface area (TPSA) is 76.1 Å². The second-order valence-electron chi connectivity index (χ2n) is 7.73. The maximum absolute atomic E-state index is 13.3. The van der Waals surface area contributed by atoms with Crippen molar-refractivity contribution in [1.29, 1.82) is 0 Å². The fourth-order valence-electron chi connectivity index (χ4n) is 4.03. The number of halogens is 2. The molecule has 1 N–H and O–H groups in total. The quantitative estimate of drug-likeness (QED) is 0.225. The minimum atomic E-state index is -0.900. The van der Waals surface area contributed by atoms with E-state index in [-0.39, 0.29) is 11.3 Å². The van der Waals surface area contributed by atoms with Crippen molar-refractivity contribution in [3.05, 3.63) is 93.5 Å². The van der Waals surface area contributed by atoms with Gasteiger partial charge in [-0.1, -0.05) is 35.3 Å². The highest BCUT2D eigenvalue weighted by atomic mass is 35.5. The van der Waals surface area contributed by atoms with Gasteiger partial charge >= 0.3 is 0 Å². The van der Waals surface area contributed by atoms with Crippen molar-refractivity contribution in [1.82, 2.24) is 0 Å². The van der Waals surface area contributed by atoms with Crippen LogP contribution in [0.1, 0.15) is 31.0 Å². The number of Topliss-reactive ketones (excluding diaryl/α,β-unsaturated/α-hetero) is 1. The molecule has 1 saturated heterocycles. The van der Waals surface area contributed by atoms with E-state index in [9.17, 15) is 14.7 Å². The number of amides is 1. The Kier molecular flexibility index (Phi) is 7.34. The molecule has 3 aromatic carbocycles. The summed E-state index contributed by atoms with van der Waals surface area (Å²) in [4.78, 5) is 28.0.